The van der Waals surface area contributed by atoms with Crippen molar-refractivity contribution in [1.29, 1.82) is 0 Å². The van der Waals surface area contributed by atoms with E-state index in [9.17, 15) is 4.79 Å². The maximum Gasteiger partial charge on any atom is 0.222 e. The van der Waals surface area contributed by atoms with Crippen molar-refractivity contribution in [3.05, 3.63) is 42.6 Å². The molecule has 5 heteroatoms. The number of aromatic nitrogens is 2. The van der Waals surface area contributed by atoms with Gasteiger partial charge in [0.1, 0.15) is 5.82 Å². The van der Waals surface area contributed by atoms with Crippen molar-refractivity contribution in [2.75, 3.05) is 31.1 Å². The van der Waals surface area contributed by atoms with Crippen LogP contribution in [0.4, 0.5) is 5.82 Å². The van der Waals surface area contributed by atoms with Crippen LogP contribution in [0.15, 0.2) is 42.6 Å². The fraction of sp³-hybridized carbons (Fsp3) is 0.522. The molecule has 2 fully saturated rings. The van der Waals surface area contributed by atoms with Crippen molar-refractivity contribution in [2.45, 2.75) is 44.9 Å². The molecule has 0 unspecified atom stereocenters. The van der Waals surface area contributed by atoms with E-state index >= 15 is 0 Å². The number of hydrogen-bond acceptors (Lipinski definition) is 4. The van der Waals surface area contributed by atoms with Gasteiger partial charge in [-0.2, -0.15) is 0 Å². The standard InChI is InChI=1S/C23H30N4O/c28-22(12-11-19-7-3-1-4-8-19)27-17-15-26(16-18-27)21-13-14-24-23(25-21)20-9-5-2-6-10-20/h2,5-6,9-10,13-14,19H,1,3-4,7-8,11-12,15-18H2. The maximum absolute atomic E-state index is 12.6. The van der Waals surface area contributed by atoms with E-state index in [1.165, 1.54) is 32.1 Å². The van der Waals surface area contributed by atoms with E-state index in [-0.39, 0.29) is 0 Å². The molecule has 0 atom stereocenters. The zero-order chi connectivity index (χ0) is 19.2. The SMILES string of the molecule is O=C(CCC1CCCCC1)N1CCN(c2ccnc(-c3ccccc3)n2)CC1. The minimum atomic E-state index is 0.331. The monoisotopic (exact) mass is 378 g/mol. The van der Waals surface area contributed by atoms with Crippen molar-refractivity contribution in [1.82, 2.24) is 14.9 Å². The molecule has 4 rings (SSSR count). The lowest BCUT2D eigenvalue weighted by Crippen LogP contribution is -2.49. The highest BCUT2D eigenvalue weighted by Gasteiger charge is 2.23. The molecular weight excluding hydrogens is 348 g/mol. The number of piperazine rings is 1. The van der Waals surface area contributed by atoms with Crippen LogP contribution in [-0.2, 0) is 4.79 Å². The summed E-state index contributed by atoms with van der Waals surface area (Å²) in [7, 11) is 0. The minimum Gasteiger partial charge on any atom is -0.353 e. The summed E-state index contributed by atoms with van der Waals surface area (Å²) in [5.74, 6) is 2.81. The number of carbonyl (C=O) groups excluding carboxylic acids is 1. The van der Waals surface area contributed by atoms with E-state index in [0.29, 0.717) is 5.91 Å². The second-order valence-electron chi connectivity index (χ2n) is 8.02. The van der Waals surface area contributed by atoms with Crippen LogP contribution in [-0.4, -0.2) is 47.0 Å². The summed E-state index contributed by atoms with van der Waals surface area (Å²) in [6, 6.07) is 12.0. The zero-order valence-electron chi connectivity index (χ0n) is 16.6. The molecule has 2 heterocycles. The van der Waals surface area contributed by atoms with Gasteiger partial charge in [0.2, 0.25) is 5.91 Å². The predicted molar refractivity (Wildman–Crippen MR) is 112 cm³/mol. The van der Waals surface area contributed by atoms with Crippen LogP contribution in [0, 0.1) is 5.92 Å². The number of anilines is 1. The van der Waals surface area contributed by atoms with Crippen LogP contribution in [0.2, 0.25) is 0 Å². The number of carbonyl (C=O) groups is 1. The number of benzene rings is 1. The Balaban J connectivity index is 1.30. The van der Waals surface area contributed by atoms with E-state index < -0.39 is 0 Å². The molecule has 0 spiro atoms. The molecule has 28 heavy (non-hydrogen) atoms. The lowest BCUT2D eigenvalue weighted by Gasteiger charge is -2.35. The third-order valence-electron chi connectivity index (χ3n) is 6.12. The average Bonchev–Trinajstić information content (AvgIpc) is 2.79. The van der Waals surface area contributed by atoms with E-state index in [4.69, 9.17) is 4.98 Å². The molecule has 1 aromatic heterocycles. The number of hydrogen-bond donors (Lipinski definition) is 0. The summed E-state index contributed by atoms with van der Waals surface area (Å²) in [5.41, 5.74) is 1.03. The van der Waals surface area contributed by atoms with E-state index in [2.05, 4.69) is 9.88 Å². The van der Waals surface area contributed by atoms with Crippen LogP contribution in [0.5, 0.6) is 0 Å². The van der Waals surface area contributed by atoms with E-state index in [1.54, 1.807) is 0 Å². The first-order valence-electron chi connectivity index (χ1n) is 10.7. The molecule has 0 radical (unpaired) electrons. The van der Waals surface area contributed by atoms with Gasteiger partial charge in [0, 0.05) is 44.4 Å². The highest BCUT2D eigenvalue weighted by atomic mass is 16.2. The second kappa shape index (κ2) is 9.18. The van der Waals surface area contributed by atoms with Gasteiger partial charge < -0.3 is 9.80 Å². The van der Waals surface area contributed by atoms with Gasteiger partial charge in [-0.1, -0.05) is 62.4 Å². The molecule has 0 N–H and O–H groups in total. The van der Waals surface area contributed by atoms with Crippen LogP contribution in [0.3, 0.4) is 0 Å². The Kier molecular flexibility index (Phi) is 6.20. The van der Waals surface area contributed by atoms with Crippen LogP contribution < -0.4 is 4.90 Å². The molecule has 1 aromatic carbocycles. The van der Waals surface area contributed by atoms with Gasteiger partial charge in [-0.25, -0.2) is 9.97 Å². The van der Waals surface area contributed by atoms with E-state index in [1.807, 2.05) is 47.5 Å². The molecule has 1 aliphatic carbocycles. The first kappa shape index (κ1) is 18.9. The lowest BCUT2D eigenvalue weighted by molar-refractivity contribution is -0.131. The summed E-state index contributed by atoms with van der Waals surface area (Å²) < 4.78 is 0. The smallest absolute Gasteiger partial charge is 0.222 e. The summed E-state index contributed by atoms with van der Waals surface area (Å²) >= 11 is 0. The van der Waals surface area contributed by atoms with E-state index in [0.717, 1.165) is 62.1 Å². The van der Waals surface area contributed by atoms with Crippen molar-refractivity contribution < 1.29 is 4.79 Å². The summed E-state index contributed by atoms with van der Waals surface area (Å²) in [6.45, 7) is 3.24. The molecule has 148 valence electrons. The van der Waals surface area contributed by atoms with Crippen molar-refractivity contribution in [3.63, 3.8) is 0 Å². The summed E-state index contributed by atoms with van der Waals surface area (Å²) in [5, 5.41) is 0. The van der Waals surface area contributed by atoms with Gasteiger partial charge in [0.15, 0.2) is 5.82 Å². The van der Waals surface area contributed by atoms with Crippen molar-refractivity contribution in [2.24, 2.45) is 5.92 Å². The number of rotatable bonds is 5. The molecule has 2 aromatic rings. The minimum absolute atomic E-state index is 0.331. The molecule has 1 aliphatic heterocycles. The molecule has 1 amide bonds. The molecular formula is C23H30N4O. The van der Waals surface area contributed by atoms with Gasteiger partial charge in [0.05, 0.1) is 0 Å². The third kappa shape index (κ3) is 4.70. The summed E-state index contributed by atoms with van der Waals surface area (Å²) in [4.78, 5) is 26.1. The Morgan fingerprint density at radius 1 is 0.964 bits per heavy atom. The molecule has 0 bridgehead atoms. The topological polar surface area (TPSA) is 49.3 Å². The van der Waals surface area contributed by atoms with Crippen LogP contribution >= 0.6 is 0 Å². The van der Waals surface area contributed by atoms with Crippen molar-refractivity contribution in [3.8, 4) is 11.4 Å². The molecule has 5 nitrogen and oxygen atoms in total. The Hall–Kier alpha value is -2.43. The second-order valence-corrected chi connectivity index (χ2v) is 8.02. The average molecular weight is 379 g/mol. The van der Waals surface area contributed by atoms with Gasteiger partial charge in [-0.15, -0.1) is 0 Å². The first-order chi connectivity index (χ1) is 13.8. The fourth-order valence-electron chi connectivity index (χ4n) is 4.40. The highest BCUT2D eigenvalue weighted by Crippen LogP contribution is 2.27. The zero-order valence-corrected chi connectivity index (χ0v) is 16.6. The van der Waals surface area contributed by atoms with Crippen LogP contribution in [0.25, 0.3) is 11.4 Å². The highest BCUT2D eigenvalue weighted by molar-refractivity contribution is 5.76. The lowest BCUT2D eigenvalue weighted by atomic mass is 9.86. The number of nitrogens with zero attached hydrogens (tertiary/aromatic N) is 4. The molecule has 1 saturated carbocycles. The molecule has 2 aliphatic rings. The van der Waals surface area contributed by atoms with Gasteiger partial charge in [0.25, 0.3) is 0 Å². The predicted octanol–water partition coefficient (Wildman–Crippen LogP) is 4.15. The fourth-order valence-corrected chi connectivity index (χ4v) is 4.40. The Morgan fingerprint density at radius 2 is 1.71 bits per heavy atom. The van der Waals surface area contributed by atoms with Crippen LogP contribution in [0.1, 0.15) is 44.9 Å². The first-order valence-corrected chi connectivity index (χ1v) is 10.7. The van der Waals surface area contributed by atoms with Gasteiger partial charge in [-0.3, -0.25) is 4.79 Å². The Bertz CT molecular complexity index is 765. The van der Waals surface area contributed by atoms with Gasteiger partial charge >= 0.3 is 0 Å². The molecule has 1 saturated heterocycles. The van der Waals surface area contributed by atoms with Crippen molar-refractivity contribution >= 4 is 11.7 Å². The largest absolute Gasteiger partial charge is 0.353 e. The normalized spacial score (nSPS) is 18.3. The quantitative estimate of drug-likeness (QED) is 0.784. The third-order valence-corrected chi connectivity index (χ3v) is 6.12. The van der Waals surface area contributed by atoms with Gasteiger partial charge in [-0.05, 0) is 18.4 Å². The Morgan fingerprint density at radius 3 is 2.46 bits per heavy atom. The summed E-state index contributed by atoms with van der Waals surface area (Å²) in [6.07, 6.45) is 10.3. The number of amides is 1. The maximum atomic E-state index is 12.6. The Labute approximate surface area is 167 Å².